The molecule has 0 aliphatic rings. The molecule has 0 saturated carbocycles. The van der Waals surface area contributed by atoms with Gasteiger partial charge >= 0.3 is 5.97 Å². The molecule has 0 amide bonds. The Morgan fingerprint density at radius 1 is 1.24 bits per heavy atom. The number of aromatic amines is 1. The molecule has 8 heteroatoms. The highest BCUT2D eigenvalue weighted by Crippen LogP contribution is 2.32. The number of sulfonamides is 1. The van der Waals surface area contributed by atoms with Crippen molar-refractivity contribution >= 4 is 43.9 Å². The fraction of sp³-hybridized carbons (Fsp3) is 0.235. The zero-order chi connectivity index (χ0) is 18.0. The fourth-order valence-corrected chi connectivity index (χ4v) is 5.25. The van der Waals surface area contributed by atoms with E-state index in [2.05, 4.69) is 4.98 Å². The van der Waals surface area contributed by atoms with Crippen molar-refractivity contribution in [2.24, 2.45) is 0 Å². The van der Waals surface area contributed by atoms with Crippen LogP contribution in [0.1, 0.15) is 24.3 Å². The fourth-order valence-electron chi connectivity index (χ4n) is 2.66. The lowest BCUT2D eigenvalue weighted by Gasteiger charge is -2.22. The van der Waals surface area contributed by atoms with E-state index in [0.29, 0.717) is 16.9 Å². The molecule has 0 spiro atoms. The van der Waals surface area contributed by atoms with Gasteiger partial charge in [0.25, 0.3) is 10.0 Å². The quantitative estimate of drug-likeness (QED) is 0.665. The van der Waals surface area contributed by atoms with Gasteiger partial charge in [-0.05, 0) is 37.4 Å². The summed E-state index contributed by atoms with van der Waals surface area (Å²) in [4.78, 5) is 15.0. The number of nitrogens with zero attached hydrogens (tertiary/aromatic N) is 1. The lowest BCUT2D eigenvalue weighted by Crippen LogP contribution is -2.30. The molecule has 0 aliphatic heterocycles. The summed E-state index contributed by atoms with van der Waals surface area (Å²) < 4.78 is 32.5. The van der Waals surface area contributed by atoms with E-state index in [1.165, 1.54) is 15.6 Å². The molecule has 0 fully saturated rings. The Morgan fingerprint density at radius 3 is 2.68 bits per heavy atom. The van der Waals surface area contributed by atoms with Gasteiger partial charge in [0.2, 0.25) is 0 Å². The van der Waals surface area contributed by atoms with Gasteiger partial charge in [-0.25, -0.2) is 13.2 Å². The van der Waals surface area contributed by atoms with Crippen molar-refractivity contribution in [3.63, 3.8) is 0 Å². The molecule has 0 saturated heterocycles. The number of carbonyl (C=O) groups excluding carboxylic acids is 1. The van der Waals surface area contributed by atoms with E-state index in [4.69, 9.17) is 4.74 Å². The highest BCUT2D eigenvalue weighted by atomic mass is 32.2. The standard InChI is InChI=1S/C17H18N2O4S2/c1-3-19(25(21,22)15-9-6-10-24-15)14-8-5-7-12-11-13(18-16(12)14)17(20)23-4-2/h5-11,18H,3-4H2,1-2H3. The number of ether oxygens (including phenoxy) is 1. The van der Waals surface area contributed by atoms with Crippen LogP contribution in [0.5, 0.6) is 0 Å². The van der Waals surface area contributed by atoms with Crippen molar-refractivity contribution in [2.75, 3.05) is 17.5 Å². The number of H-pyrrole nitrogens is 1. The van der Waals surface area contributed by atoms with Gasteiger partial charge in [0, 0.05) is 11.9 Å². The number of fused-ring (bicyclic) bond motifs is 1. The van der Waals surface area contributed by atoms with Crippen molar-refractivity contribution in [1.29, 1.82) is 0 Å². The second-order valence-corrected chi connectivity index (χ2v) is 8.28. The molecule has 0 radical (unpaired) electrons. The van der Waals surface area contributed by atoms with Gasteiger partial charge in [-0.1, -0.05) is 18.2 Å². The van der Waals surface area contributed by atoms with Gasteiger partial charge in [0.15, 0.2) is 0 Å². The number of para-hydroxylation sites is 1. The average Bonchev–Trinajstić information content (AvgIpc) is 3.26. The van der Waals surface area contributed by atoms with Crippen molar-refractivity contribution in [3.8, 4) is 0 Å². The Hall–Kier alpha value is -2.32. The molecule has 6 nitrogen and oxygen atoms in total. The predicted octanol–water partition coefficient (Wildman–Crippen LogP) is 3.62. The van der Waals surface area contributed by atoms with E-state index >= 15 is 0 Å². The number of aromatic nitrogens is 1. The molecule has 0 aliphatic carbocycles. The van der Waals surface area contributed by atoms with Crippen LogP contribution in [0.4, 0.5) is 5.69 Å². The van der Waals surface area contributed by atoms with Gasteiger partial charge in [-0.15, -0.1) is 11.3 Å². The van der Waals surface area contributed by atoms with Crippen LogP contribution in [0, 0.1) is 0 Å². The number of rotatable bonds is 6. The minimum atomic E-state index is -3.66. The Morgan fingerprint density at radius 2 is 2.04 bits per heavy atom. The first-order chi connectivity index (χ1) is 12.0. The molecule has 0 bridgehead atoms. The van der Waals surface area contributed by atoms with Gasteiger partial charge < -0.3 is 9.72 Å². The van der Waals surface area contributed by atoms with Gasteiger partial charge in [-0.3, -0.25) is 4.31 Å². The summed E-state index contributed by atoms with van der Waals surface area (Å²) in [7, 11) is -3.66. The molecule has 1 N–H and O–H groups in total. The molecule has 25 heavy (non-hydrogen) atoms. The first-order valence-electron chi connectivity index (χ1n) is 7.84. The Bertz CT molecular complexity index is 991. The topological polar surface area (TPSA) is 79.5 Å². The van der Waals surface area contributed by atoms with Crippen molar-refractivity contribution < 1.29 is 17.9 Å². The van der Waals surface area contributed by atoms with Crippen LogP contribution in [-0.4, -0.2) is 32.5 Å². The lowest BCUT2D eigenvalue weighted by molar-refractivity contribution is 0.0520. The van der Waals surface area contributed by atoms with Crippen LogP contribution in [-0.2, 0) is 14.8 Å². The molecule has 0 atom stereocenters. The monoisotopic (exact) mass is 378 g/mol. The van der Waals surface area contributed by atoms with Crippen LogP contribution in [0.2, 0.25) is 0 Å². The van der Waals surface area contributed by atoms with Crippen LogP contribution in [0.3, 0.4) is 0 Å². The highest BCUT2D eigenvalue weighted by molar-refractivity contribution is 7.94. The number of hydrogen-bond donors (Lipinski definition) is 1. The summed E-state index contributed by atoms with van der Waals surface area (Å²) in [6, 6.07) is 10.3. The molecule has 1 aromatic carbocycles. The van der Waals surface area contributed by atoms with Crippen molar-refractivity contribution in [1.82, 2.24) is 4.98 Å². The van der Waals surface area contributed by atoms with E-state index in [9.17, 15) is 13.2 Å². The van der Waals surface area contributed by atoms with Gasteiger partial charge in [0.05, 0.1) is 17.8 Å². The van der Waals surface area contributed by atoms with Crippen LogP contribution < -0.4 is 4.31 Å². The minimum Gasteiger partial charge on any atom is -0.461 e. The minimum absolute atomic E-state index is 0.271. The molecule has 3 aromatic rings. The normalized spacial score (nSPS) is 11.6. The van der Waals surface area contributed by atoms with E-state index in [1.54, 1.807) is 49.6 Å². The summed E-state index contributed by atoms with van der Waals surface area (Å²) >= 11 is 1.18. The summed E-state index contributed by atoms with van der Waals surface area (Å²) in [5.74, 6) is -0.464. The summed E-state index contributed by atoms with van der Waals surface area (Å²) in [6.07, 6.45) is 0. The maximum Gasteiger partial charge on any atom is 0.354 e. The third-order valence-corrected chi connectivity index (χ3v) is 6.99. The summed E-state index contributed by atoms with van der Waals surface area (Å²) in [6.45, 7) is 4.06. The number of esters is 1. The molecule has 2 aromatic heterocycles. The predicted molar refractivity (Wildman–Crippen MR) is 98.8 cm³/mol. The summed E-state index contributed by atoms with van der Waals surface area (Å²) in [5.41, 5.74) is 1.39. The third kappa shape index (κ3) is 3.14. The molecule has 132 valence electrons. The van der Waals surface area contributed by atoms with Crippen LogP contribution in [0.25, 0.3) is 10.9 Å². The molecule has 3 rings (SSSR count). The maximum atomic E-state index is 12.9. The van der Waals surface area contributed by atoms with E-state index in [1.807, 2.05) is 6.07 Å². The second-order valence-electron chi connectivity index (χ2n) is 5.25. The molecular weight excluding hydrogens is 360 g/mol. The number of anilines is 1. The highest BCUT2D eigenvalue weighted by Gasteiger charge is 2.26. The second kappa shape index (κ2) is 6.89. The SMILES string of the molecule is CCOC(=O)c1cc2cccc(N(CC)S(=O)(=O)c3cccs3)c2[nH]1. The summed E-state index contributed by atoms with van der Waals surface area (Å²) in [5, 5.41) is 2.48. The van der Waals surface area contributed by atoms with Crippen molar-refractivity contribution in [3.05, 3.63) is 47.5 Å². The molecule has 0 unspecified atom stereocenters. The van der Waals surface area contributed by atoms with Crippen LogP contribution in [0.15, 0.2) is 46.0 Å². The zero-order valence-corrected chi connectivity index (χ0v) is 15.5. The Labute approximate surface area is 150 Å². The van der Waals surface area contributed by atoms with Crippen molar-refractivity contribution in [2.45, 2.75) is 18.1 Å². The first kappa shape index (κ1) is 17.5. The van der Waals surface area contributed by atoms with Gasteiger partial charge in [0.1, 0.15) is 9.90 Å². The molecular formula is C17H18N2O4S2. The number of carbonyl (C=O) groups is 1. The molecule has 2 heterocycles. The van der Waals surface area contributed by atoms with Gasteiger partial charge in [-0.2, -0.15) is 0 Å². The van der Waals surface area contributed by atoms with E-state index in [0.717, 1.165) is 5.39 Å². The largest absolute Gasteiger partial charge is 0.461 e. The maximum absolute atomic E-state index is 12.9. The van der Waals surface area contributed by atoms with Crippen LogP contribution >= 0.6 is 11.3 Å². The third-order valence-electron chi connectivity index (χ3n) is 3.72. The number of benzene rings is 1. The number of nitrogens with one attached hydrogen (secondary N) is 1. The first-order valence-corrected chi connectivity index (χ1v) is 10.2. The lowest BCUT2D eigenvalue weighted by atomic mass is 10.2. The smallest absolute Gasteiger partial charge is 0.354 e. The number of hydrogen-bond acceptors (Lipinski definition) is 5. The van der Waals surface area contributed by atoms with E-state index < -0.39 is 16.0 Å². The number of thiophene rings is 1. The average molecular weight is 378 g/mol. The van der Waals surface area contributed by atoms with E-state index in [-0.39, 0.29) is 17.4 Å². The Balaban J connectivity index is 2.12. The zero-order valence-electron chi connectivity index (χ0n) is 13.9. The Kier molecular flexibility index (Phi) is 4.82.